The summed E-state index contributed by atoms with van der Waals surface area (Å²) in [7, 11) is -3.22. The van der Waals surface area contributed by atoms with E-state index in [-0.39, 0.29) is 37.4 Å². The highest BCUT2D eigenvalue weighted by Crippen LogP contribution is 2.47. The van der Waals surface area contributed by atoms with Crippen LogP contribution in [0.3, 0.4) is 0 Å². The fourth-order valence-electron chi connectivity index (χ4n) is 4.53. The molecule has 1 heterocycles. The molecule has 0 saturated carbocycles. The normalized spacial score (nSPS) is 12.4. The summed E-state index contributed by atoms with van der Waals surface area (Å²) < 4.78 is 23.0. The van der Waals surface area contributed by atoms with E-state index in [9.17, 15) is 14.5 Å². The van der Waals surface area contributed by atoms with Gasteiger partial charge in [-0.3, -0.25) is 4.57 Å². The average Bonchev–Trinajstić information content (AvgIpc) is 3.48. The molecule has 0 amide bonds. The number of carboxylic acid groups (broad SMARTS) is 1. The number of carbonyl (C=O) groups is 1. The zero-order chi connectivity index (χ0) is 30.5. The van der Waals surface area contributed by atoms with Gasteiger partial charge in [-0.1, -0.05) is 102 Å². The second-order valence-corrected chi connectivity index (χ2v) is 12.1. The van der Waals surface area contributed by atoms with Crippen LogP contribution in [0.1, 0.15) is 36.2 Å². The van der Waals surface area contributed by atoms with Gasteiger partial charge in [0.15, 0.2) is 5.13 Å². The van der Waals surface area contributed by atoms with E-state index in [4.69, 9.17) is 13.9 Å². The van der Waals surface area contributed by atoms with E-state index in [0.29, 0.717) is 5.13 Å². The van der Waals surface area contributed by atoms with Gasteiger partial charge in [-0.2, -0.15) is 0 Å². The van der Waals surface area contributed by atoms with E-state index < -0.39 is 19.1 Å². The number of hydrogen-bond donors (Lipinski definition) is 2. The molecule has 0 aliphatic heterocycles. The van der Waals surface area contributed by atoms with Crippen molar-refractivity contribution >= 4 is 35.7 Å². The monoisotopic (exact) mass is 619 g/mol. The number of nitrogens with one attached hydrogen (secondary N) is 1. The Morgan fingerprint density at radius 2 is 1.42 bits per heavy atom. The largest absolute Gasteiger partial charge is 0.476 e. The minimum atomic E-state index is -3.22. The van der Waals surface area contributed by atoms with Gasteiger partial charge in [0.2, 0.25) is 5.71 Å². The quantitative estimate of drug-likeness (QED) is 0.0338. The average molecular weight is 620 g/mol. The molecule has 0 atom stereocenters. The summed E-state index contributed by atoms with van der Waals surface area (Å²) in [4.78, 5) is 22.0. The Morgan fingerprint density at radius 1 is 0.907 bits per heavy atom. The number of oxime groups is 1. The van der Waals surface area contributed by atoms with Crippen molar-refractivity contribution in [1.29, 1.82) is 0 Å². The summed E-state index contributed by atoms with van der Waals surface area (Å²) in [6.45, 7) is 3.97. The van der Waals surface area contributed by atoms with E-state index in [2.05, 4.69) is 51.9 Å². The molecule has 0 aliphatic rings. The minimum absolute atomic E-state index is 0.0383. The molecule has 0 spiro atoms. The van der Waals surface area contributed by atoms with E-state index in [1.54, 1.807) is 31.4 Å². The molecule has 0 saturated heterocycles. The van der Waals surface area contributed by atoms with Crippen molar-refractivity contribution in [3.05, 3.63) is 131 Å². The first-order valence-electron chi connectivity index (χ1n) is 13.8. The maximum absolute atomic E-state index is 12.5. The summed E-state index contributed by atoms with van der Waals surface area (Å²) in [5.74, 6) is -1.28. The number of aromatic nitrogens is 1. The van der Waals surface area contributed by atoms with Crippen LogP contribution < -0.4 is 5.32 Å². The number of thiazole rings is 1. The van der Waals surface area contributed by atoms with Gasteiger partial charge in [0.05, 0.1) is 19.4 Å². The maximum Gasteiger partial charge on any atom is 0.360 e. The zero-order valence-corrected chi connectivity index (χ0v) is 25.7. The van der Waals surface area contributed by atoms with Gasteiger partial charge in [0.25, 0.3) is 0 Å². The smallest absolute Gasteiger partial charge is 0.360 e. The number of carboxylic acids is 1. The number of aliphatic carboxylic acids is 1. The first-order chi connectivity index (χ1) is 20.9. The first kappa shape index (κ1) is 31.8. The van der Waals surface area contributed by atoms with Gasteiger partial charge in [-0.05, 0) is 36.6 Å². The lowest BCUT2D eigenvalue weighted by Crippen LogP contribution is -2.38. The van der Waals surface area contributed by atoms with Crippen LogP contribution >= 0.6 is 18.9 Å². The number of benzene rings is 3. The number of nitrogens with zero attached hydrogens (tertiary/aromatic N) is 2. The van der Waals surface area contributed by atoms with Crippen LogP contribution in [-0.2, 0) is 28.8 Å². The topological polar surface area (TPSA) is 119 Å². The number of allylic oxidation sites excluding steroid dienone is 1. The van der Waals surface area contributed by atoms with Crippen molar-refractivity contribution in [2.75, 3.05) is 31.3 Å². The number of rotatable bonds is 16. The second-order valence-electron chi connectivity index (χ2n) is 9.15. The van der Waals surface area contributed by atoms with Crippen LogP contribution in [-0.4, -0.2) is 47.8 Å². The Balaban J connectivity index is 1.59. The predicted molar refractivity (Wildman–Crippen MR) is 170 cm³/mol. The van der Waals surface area contributed by atoms with Gasteiger partial charge in [0.1, 0.15) is 17.8 Å². The predicted octanol–water partition coefficient (Wildman–Crippen LogP) is 7.17. The number of anilines is 1. The molecule has 4 rings (SSSR count). The lowest BCUT2D eigenvalue weighted by Gasteiger charge is -2.36. The fraction of sp³-hybridized carbons (Fsp3) is 0.219. The minimum Gasteiger partial charge on any atom is -0.476 e. The summed E-state index contributed by atoms with van der Waals surface area (Å²) >= 11 is 1.27. The lowest BCUT2D eigenvalue weighted by molar-refractivity contribution is -0.129. The molecular formula is C32H34N3O6PS. The first-order valence-corrected chi connectivity index (χ1v) is 16.4. The Bertz CT molecular complexity index is 1460. The molecule has 43 heavy (non-hydrogen) atoms. The third-order valence-corrected chi connectivity index (χ3v) is 9.06. The van der Waals surface area contributed by atoms with Gasteiger partial charge in [-0.15, -0.1) is 11.3 Å². The van der Waals surface area contributed by atoms with Crippen molar-refractivity contribution in [2.45, 2.75) is 19.4 Å². The summed E-state index contributed by atoms with van der Waals surface area (Å²) in [6.07, 6.45) is 3.25. The molecule has 0 bridgehead atoms. The van der Waals surface area contributed by atoms with Crippen LogP contribution in [0, 0.1) is 0 Å². The molecular weight excluding hydrogens is 585 g/mol. The standard InChI is InChI=1S/C32H34N3O6PS/c1-3-40-42(38,41-4-2)23-15-14-22-39-35-29(30(36)37)28-24-43-31(33-28)34-32(25-16-8-5-9-17-25,26-18-10-6-11-19-26)27-20-12-7-13-21-27/h5-21,24H,3-4,22-23H2,1-2H3,(H,33,34)(H,36,37). The van der Waals surface area contributed by atoms with Crippen molar-refractivity contribution in [1.82, 2.24) is 4.98 Å². The van der Waals surface area contributed by atoms with Gasteiger partial charge >= 0.3 is 13.6 Å². The van der Waals surface area contributed by atoms with Gasteiger partial charge in [0, 0.05) is 5.38 Å². The Kier molecular flexibility index (Phi) is 11.4. The molecule has 0 fully saturated rings. The molecule has 2 N–H and O–H groups in total. The van der Waals surface area contributed by atoms with Crippen LogP contribution in [0.15, 0.2) is 114 Å². The molecule has 224 valence electrons. The highest BCUT2D eigenvalue weighted by Gasteiger charge is 2.37. The van der Waals surface area contributed by atoms with Gasteiger partial charge < -0.3 is 24.3 Å². The van der Waals surface area contributed by atoms with E-state index in [1.165, 1.54) is 11.3 Å². The summed E-state index contributed by atoms with van der Waals surface area (Å²) in [5, 5.41) is 19.5. The third-order valence-electron chi connectivity index (χ3n) is 6.34. The van der Waals surface area contributed by atoms with Crippen LogP contribution in [0.2, 0.25) is 0 Å². The molecule has 9 nitrogen and oxygen atoms in total. The highest BCUT2D eigenvalue weighted by molar-refractivity contribution is 7.54. The molecule has 0 unspecified atom stereocenters. The molecule has 0 aliphatic carbocycles. The van der Waals surface area contributed by atoms with Gasteiger partial charge in [-0.25, -0.2) is 9.78 Å². The third kappa shape index (κ3) is 8.06. The fourth-order valence-corrected chi connectivity index (χ4v) is 6.76. The van der Waals surface area contributed by atoms with E-state index in [1.807, 2.05) is 54.6 Å². The Morgan fingerprint density at radius 3 is 1.88 bits per heavy atom. The van der Waals surface area contributed by atoms with Crippen molar-refractivity contribution < 1.29 is 28.4 Å². The Hall–Kier alpha value is -4.08. The summed E-state index contributed by atoms with van der Waals surface area (Å²) in [5.41, 5.74) is 1.98. The van der Waals surface area contributed by atoms with Crippen LogP contribution in [0.25, 0.3) is 0 Å². The molecule has 3 aromatic carbocycles. The SMILES string of the molecule is CCOP(=O)(CC=CCON=C(C(=O)O)c1csc(NC(c2ccccc2)(c2ccccc2)c2ccccc2)n1)OCC. The Labute approximate surface area is 255 Å². The summed E-state index contributed by atoms with van der Waals surface area (Å²) in [6, 6.07) is 30.1. The maximum atomic E-state index is 12.5. The molecule has 4 aromatic rings. The van der Waals surface area contributed by atoms with Crippen molar-refractivity contribution in [3.63, 3.8) is 0 Å². The van der Waals surface area contributed by atoms with E-state index >= 15 is 0 Å². The highest BCUT2D eigenvalue weighted by atomic mass is 32.1. The molecule has 11 heteroatoms. The molecule has 1 aromatic heterocycles. The molecule has 0 radical (unpaired) electrons. The lowest BCUT2D eigenvalue weighted by atomic mass is 9.77. The van der Waals surface area contributed by atoms with Crippen molar-refractivity contribution in [2.24, 2.45) is 5.16 Å². The van der Waals surface area contributed by atoms with Crippen LogP contribution in [0.4, 0.5) is 5.13 Å². The van der Waals surface area contributed by atoms with E-state index in [0.717, 1.165) is 16.7 Å². The second kappa shape index (κ2) is 15.4. The van der Waals surface area contributed by atoms with Crippen LogP contribution in [0.5, 0.6) is 0 Å². The zero-order valence-electron chi connectivity index (χ0n) is 24.0. The van der Waals surface area contributed by atoms with Crippen molar-refractivity contribution in [3.8, 4) is 0 Å². The number of hydrogen-bond acceptors (Lipinski definition) is 9.